The van der Waals surface area contributed by atoms with Gasteiger partial charge in [0.1, 0.15) is 10.5 Å². The van der Waals surface area contributed by atoms with Gasteiger partial charge in [0.2, 0.25) is 5.13 Å². The molecule has 0 saturated carbocycles. The number of amides is 1. The average Bonchev–Trinajstić information content (AvgIpc) is 3.12. The maximum Gasteiger partial charge on any atom is 0.257 e. The lowest BCUT2D eigenvalue weighted by Gasteiger charge is -2.01. The predicted octanol–water partition coefficient (Wildman–Crippen LogP) is 2.12. The highest BCUT2D eigenvalue weighted by molar-refractivity contribution is 7.15. The Morgan fingerprint density at radius 2 is 2.14 bits per heavy atom. The average molecular weight is 302 g/mol. The maximum absolute atomic E-state index is 12.2. The fourth-order valence-electron chi connectivity index (χ4n) is 1.96. The summed E-state index contributed by atoms with van der Waals surface area (Å²) in [6.45, 7) is 4.74. The minimum absolute atomic E-state index is 0.221. The normalized spacial score (nSPS) is 11.0. The third kappa shape index (κ3) is 2.62. The van der Waals surface area contributed by atoms with Crippen molar-refractivity contribution < 1.29 is 4.79 Å². The van der Waals surface area contributed by atoms with Crippen LogP contribution in [-0.2, 0) is 13.0 Å². The van der Waals surface area contributed by atoms with Gasteiger partial charge >= 0.3 is 0 Å². The van der Waals surface area contributed by atoms with Gasteiger partial charge in [-0.15, -0.1) is 15.3 Å². The van der Waals surface area contributed by atoms with Crippen LogP contribution in [0.15, 0.2) is 18.2 Å². The van der Waals surface area contributed by atoms with E-state index in [4.69, 9.17) is 0 Å². The topological polar surface area (TPSA) is 85.6 Å². The first-order valence-electron chi connectivity index (χ1n) is 6.68. The first kappa shape index (κ1) is 13.6. The summed E-state index contributed by atoms with van der Waals surface area (Å²) >= 11 is 1.38. The van der Waals surface area contributed by atoms with Gasteiger partial charge in [0.05, 0.1) is 5.52 Å². The summed E-state index contributed by atoms with van der Waals surface area (Å²) in [6.07, 6.45) is 0.805. The number of hydrogen-bond acceptors (Lipinski definition) is 6. The lowest BCUT2D eigenvalue weighted by atomic mass is 10.2. The summed E-state index contributed by atoms with van der Waals surface area (Å²) in [5.41, 5.74) is 2.15. The van der Waals surface area contributed by atoms with E-state index < -0.39 is 0 Å². The van der Waals surface area contributed by atoms with Gasteiger partial charge in [-0.1, -0.05) is 23.5 Å². The van der Waals surface area contributed by atoms with Crippen molar-refractivity contribution >= 4 is 33.4 Å². The second kappa shape index (κ2) is 5.57. The van der Waals surface area contributed by atoms with Crippen molar-refractivity contribution in [1.82, 2.24) is 25.2 Å². The summed E-state index contributed by atoms with van der Waals surface area (Å²) in [5.74, 6) is -0.221. The van der Waals surface area contributed by atoms with E-state index in [0.717, 1.165) is 23.5 Å². The number of aromatic nitrogens is 5. The zero-order valence-corrected chi connectivity index (χ0v) is 12.5. The molecule has 7 nitrogen and oxygen atoms in total. The molecule has 2 aromatic heterocycles. The molecule has 3 aromatic rings. The molecule has 3 rings (SSSR count). The molecule has 1 N–H and O–H groups in total. The van der Waals surface area contributed by atoms with Crippen LogP contribution in [0, 0.1) is 0 Å². The highest BCUT2D eigenvalue weighted by atomic mass is 32.1. The molecule has 1 amide bonds. The van der Waals surface area contributed by atoms with Crippen molar-refractivity contribution in [3.8, 4) is 0 Å². The van der Waals surface area contributed by atoms with Gasteiger partial charge in [0.25, 0.3) is 5.91 Å². The maximum atomic E-state index is 12.2. The molecule has 0 fully saturated rings. The Morgan fingerprint density at radius 3 is 2.86 bits per heavy atom. The number of benzene rings is 1. The third-order valence-electron chi connectivity index (χ3n) is 3.07. The van der Waals surface area contributed by atoms with Crippen LogP contribution in [-0.4, -0.2) is 31.1 Å². The summed E-state index contributed by atoms with van der Waals surface area (Å²) in [7, 11) is 0. The van der Waals surface area contributed by atoms with Crippen molar-refractivity contribution in [3.63, 3.8) is 0 Å². The molecule has 2 heterocycles. The molecule has 1 aromatic carbocycles. The van der Waals surface area contributed by atoms with Crippen LogP contribution in [0.2, 0.25) is 0 Å². The molecule has 0 aliphatic heterocycles. The van der Waals surface area contributed by atoms with Crippen LogP contribution < -0.4 is 5.32 Å². The third-order valence-corrected chi connectivity index (χ3v) is 4.05. The highest BCUT2D eigenvalue weighted by Gasteiger charge is 2.12. The fraction of sp³-hybridized carbons (Fsp3) is 0.308. The minimum atomic E-state index is -0.221. The standard InChI is InChI=1S/C13H14N6OS/c1-3-11-16-17-13(21-11)14-12(20)8-5-6-10-9(7-8)15-18-19(10)4-2/h5-7H,3-4H2,1-2H3,(H,14,17,20). The number of nitrogens with zero attached hydrogens (tertiary/aromatic N) is 5. The first-order valence-corrected chi connectivity index (χ1v) is 7.50. The Hall–Kier alpha value is -2.35. The summed E-state index contributed by atoms with van der Waals surface area (Å²) in [6, 6.07) is 5.34. The number of rotatable bonds is 4. The largest absolute Gasteiger partial charge is 0.296 e. The van der Waals surface area contributed by atoms with Crippen molar-refractivity contribution in [2.24, 2.45) is 0 Å². The van der Waals surface area contributed by atoms with Crippen molar-refractivity contribution in [2.45, 2.75) is 26.8 Å². The molecule has 108 valence electrons. The van der Waals surface area contributed by atoms with E-state index >= 15 is 0 Å². The molecule has 0 aliphatic carbocycles. The van der Waals surface area contributed by atoms with Crippen molar-refractivity contribution in [1.29, 1.82) is 0 Å². The van der Waals surface area contributed by atoms with E-state index in [1.54, 1.807) is 16.8 Å². The molecule has 0 spiro atoms. The van der Waals surface area contributed by atoms with Gasteiger partial charge in [0, 0.05) is 12.1 Å². The molecule has 0 unspecified atom stereocenters. The second-order valence-corrected chi connectivity index (χ2v) is 5.48. The monoisotopic (exact) mass is 302 g/mol. The Morgan fingerprint density at radius 1 is 1.29 bits per heavy atom. The lowest BCUT2D eigenvalue weighted by molar-refractivity contribution is 0.102. The molecule has 0 atom stereocenters. The SMILES string of the molecule is CCc1nnc(NC(=O)c2ccc3c(c2)nnn3CC)s1. The van der Waals surface area contributed by atoms with E-state index in [2.05, 4.69) is 25.8 Å². The Kier molecular flexibility index (Phi) is 3.61. The number of carbonyl (C=O) groups is 1. The Labute approximate surface area is 125 Å². The van der Waals surface area contributed by atoms with E-state index in [1.165, 1.54) is 11.3 Å². The number of carbonyl (C=O) groups excluding carboxylic acids is 1. The predicted molar refractivity (Wildman–Crippen MR) is 80.4 cm³/mol. The Balaban J connectivity index is 1.84. The van der Waals surface area contributed by atoms with Crippen LogP contribution in [0.1, 0.15) is 29.2 Å². The molecular weight excluding hydrogens is 288 g/mol. The van der Waals surface area contributed by atoms with E-state index in [-0.39, 0.29) is 5.91 Å². The van der Waals surface area contributed by atoms with E-state index in [0.29, 0.717) is 16.2 Å². The molecule has 8 heteroatoms. The van der Waals surface area contributed by atoms with Crippen LogP contribution in [0.3, 0.4) is 0 Å². The van der Waals surface area contributed by atoms with Gasteiger partial charge in [-0.3, -0.25) is 10.1 Å². The summed E-state index contributed by atoms with van der Waals surface area (Å²) < 4.78 is 1.79. The molecule has 0 saturated heterocycles. The zero-order valence-electron chi connectivity index (χ0n) is 11.7. The molecule has 0 aliphatic rings. The van der Waals surface area contributed by atoms with E-state index in [1.807, 2.05) is 19.9 Å². The molecule has 0 radical (unpaired) electrons. The fourth-order valence-corrected chi connectivity index (χ4v) is 2.64. The lowest BCUT2D eigenvalue weighted by Crippen LogP contribution is -2.11. The number of anilines is 1. The zero-order chi connectivity index (χ0) is 14.8. The quantitative estimate of drug-likeness (QED) is 0.798. The highest BCUT2D eigenvalue weighted by Crippen LogP contribution is 2.18. The summed E-state index contributed by atoms with van der Waals surface area (Å²) in [5, 5.41) is 20.2. The number of fused-ring (bicyclic) bond motifs is 1. The van der Waals surface area contributed by atoms with Crippen molar-refractivity contribution in [3.05, 3.63) is 28.8 Å². The van der Waals surface area contributed by atoms with Gasteiger partial charge in [-0.05, 0) is 31.5 Å². The van der Waals surface area contributed by atoms with Gasteiger partial charge in [-0.2, -0.15) is 0 Å². The van der Waals surface area contributed by atoms with Crippen LogP contribution in [0.4, 0.5) is 5.13 Å². The van der Waals surface area contributed by atoms with Crippen molar-refractivity contribution in [2.75, 3.05) is 5.32 Å². The van der Waals surface area contributed by atoms with Crippen LogP contribution in [0.25, 0.3) is 11.0 Å². The Bertz CT molecular complexity index is 793. The van der Waals surface area contributed by atoms with Gasteiger partial charge < -0.3 is 0 Å². The second-order valence-electron chi connectivity index (χ2n) is 4.42. The number of hydrogen-bond donors (Lipinski definition) is 1. The first-order chi connectivity index (χ1) is 10.2. The molecule has 0 bridgehead atoms. The van der Waals surface area contributed by atoms with Gasteiger partial charge in [0.15, 0.2) is 0 Å². The smallest absolute Gasteiger partial charge is 0.257 e. The number of aryl methyl sites for hydroxylation is 2. The van der Waals surface area contributed by atoms with E-state index in [9.17, 15) is 4.79 Å². The molecular formula is C13H14N6OS. The molecule has 21 heavy (non-hydrogen) atoms. The number of nitrogens with one attached hydrogen (secondary N) is 1. The minimum Gasteiger partial charge on any atom is -0.296 e. The summed E-state index contributed by atoms with van der Waals surface area (Å²) in [4.78, 5) is 12.2. The van der Waals surface area contributed by atoms with Crippen LogP contribution in [0.5, 0.6) is 0 Å². The van der Waals surface area contributed by atoms with Gasteiger partial charge in [-0.25, -0.2) is 4.68 Å². The van der Waals surface area contributed by atoms with Crippen LogP contribution >= 0.6 is 11.3 Å².